The van der Waals surface area contributed by atoms with Crippen LogP contribution in [0.2, 0.25) is 5.02 Å². The second kappa shape index (κ2) is 6.32. The standard InChI is InChI=1S/C14H20ClNO4S/c1-19-12-7-9(15)11(8-13(12)20-2)16-10-5-4-6-14(10)21(3,17)18/h7-8,10,14,16H,4-6H2,1-3H3. The molecule has 1 aliphatic carbocycles. The van der Waals surface area contributed by atoms with Gasteiger partial charge in [-0.1, -0.05) is 11.6 Å². The van der Waals surface area contributed by atoms with E-state index in [4.69, 9.17) is 21.1 Å². The van der Waals surface area contributed by atoms with E-state index in [1.165, 1.54) is 13.4 Å². The van der Waals surface area contributed by atoms with E-state index >= 15 is 0 Å². The highest BCUT2D eigenvalue weighted by atomic mass is 35.5. The van der Waals surface area contributed by atoms with Gasteiger partial charge in [-0.25, -0.2) is 8.42 Å². The summed E-state index contributed by atoms with van der Waals surface area (Å²) >= 11 is 6.23. The van der Waals surface area contributed by atoms with Crippen LogP contribution in [0.15, 0.2) is 12.1 Å². The monoisotopic (exact) mass is 333 g/mol. The Labute approximate surface area is 130 Å². The van der Waals surface area contributed by atoms with Gasteiger partial charge >= 0.3 is 0 Å². The number of sulfone groups is 1. The minimum atomic E-state index is -3.07. The molecule has 0 heterocycles. The van der Waals surface area contributed by atoms with E-state index in [2.05, 4.69) is 5.32 Å². The van der Waals surface area contributed by atoms with Crippen LogP contribution in [0.4, 0.5) is 5.69 Å². The van der Waals surface area contributed by atoms with E-state index in [-0.39, 0.29) is 11.3 Å². The van der Waals surface area contributed by atoms with Crippen LogP contribution in [0, 0.1) is 0 Å². The second-order valence-corrected chi connectivity index (χ2v) is 7.91. The molecule has 1 saturated carbocycles. The van der Waals surface area contributed by atoms with Gasteiger partial charge in [-0.05, 0) is 19.3 Å². The highest BCUT2D eigenvalue weighted by molar-refractivity contribution is 7.91. The molecular formula is C14H20ClNO4S. The quantitative estimate of drug-likeness (QED) is 0.897. The van der Waals surface area contributed by atoms with Gasteiger partial charge in [-0.15, -0.1) is 0 Å². The topological polar surface area (TPSA) is 64.6 Å². The summed E-state index contributed by atoms with van der Waals surface area (Å²) in [5.41, 5.74) is 0.662. The maximum Gasteiger partial charge on any atom is 0.162 e. The Hall–Kier alpha value is -1.14. The van der Waals surface area contributed by atoms with Crippen molar-refractivity contribution in [2.75, 3.05) is 25.8 Å². The first-order valence-electron chi connectivity index (χ1n) is 6.73. The maximum absolute atomic E-state index is 11.8. The molecule has 118 valence electrons. The summed E-state index contributed by atoms with van der Waals surface area (Å²) in [6, 6.07) is 3.27. The van der Waals surface area contributed by atoms with Gasteiger partial charge < -0.3 is 14.8 Å². The Morgan fingerprint density at radius 3 is 2.38 bits per heavy atom. The van der Waals surface area contributed by atoms with Gasteiger partial charge in [0.25, 0.3) is 0 Å². The Balaban J connectivity index is 2.27. The molecule has 2 unspecified atom stereocenters. The van der Waals surface area contributed by atoms with Crippen molar-refractivity contribution in [1.29, 1.82) is 0 Å². The summed E-state index contributed by atoms with van der Waals surface area (Å²) in [7, 11) is 0.0110. The molecule has 5 nitrogen and oxygen atoms in total. The van der Waals surface area contributed by atoms with E-state index in [0.717, 1.165) is 12.8 Å². The van der Waals surface area contributed by atoms with E-state index < -0.39 is 9.84 Å². The van der Waals surface area contributed by atoms with Crippen molar-refractivity contribution in [2.45, 2.75) is 30.6 Å². The first-order chi connectivity index (χ1) is 9.86. The van der Waals surface area contributed by atoms with Crippen LogP contribution in [0.5, 0.6) is 11.5 Å². The Morgan fingerprint density at radius 1 is 1.19 bits per heavy atom. The van der Waals surface area contributed by atoms with Crippen molar-refractivity contribution in [2.24, 2.45) is 0 Å². The van der Waals surface area contributed by atoms with Crippen molar-refractivity contribution in [1.82, 2.24) is 0 Å². The lowest BCUT2D eigenvalue weighted by atomic mass is 10.2. The largest absolute Gasteiger partial charge is 0.493 e. The fourth-order valence-corrected chi connectivity index (χ4v) is 4.37. The lowest BCUT2D eigenvalue weighted by Gasteiger charge is -2.22. The number of methoxy groups -OCH3 is 2. The molecule has 1 fully saturated rings. The molecule has 2 atom stereocenters. The van der Waals surface area contributed by atoms with Crippen molar-refractivity contribution in [3.05, 3.63) is 17.2 Å². The first kappa shape index (κ1) is 16.2. The molecule has 1 aliphatic rings. The zero-order valence-electron chi connectivity index (χ0n) is 12.3. The van der Waals surface area contributed by atoms with Crippen LogP contribution >= 0.6 is 11.6 Å². The number of ether oxygens (including phenoxy) is 2. The van der Waals surface area contributed by atoms with Crippen LogP contribution in [-0.2, 0) is 9.84 Å². The van der Waals surface area contributed by atoms with Gasteiger partial charge in [0.2, 0.25) is 0 Å². The SMILES string of the molecule is COc1cc(Cl)c(NC2CCCC2S(C)(=O)=O)cc1OC. The van der Waals surface area contributed by atoms with Gasteiger partial charge in [0.15, 0.2) is 21.3 Å². The Morgan fingerprint density at radius 2 is 1.81 bits per heavy atom. The number of rotatable bonds is 5. The molecule has 1 N–H and O–H groups in total. The number of halogens is 1. The lowest BCUT2D eigenvalue weighted by Crippen LogP contribution is -2.34. The van der Waals surface area contributed by atoms with E-state index in [1.54, 1.807) is 19.2 Å². The summed E-state index contributed by atoms with van der Waals surface area (Å²) in [6.45, 7) is 0. The molecule has 2 rings (SSSR count). The molecule has 1 aromatic carbocycles. The molecular weight excluding hydrogens is 314 g/mol. The molecule has 0 bridgehead atoms. The molecule has 1 aromatic rings. The molecule has 0 radical (unpaired) electrons. The Kier molecular flexibility index (Phi) is 4.88. The predicted octanol–water partition coefficient (Wildman–Crippen LogP) is 2.73. The van der Waals surface area contributed by atoms with Crippen LogP contribution < -0.4 is 14.8 Å². The summed E-state index contributed by atoms with van der Waals surface area (Å²) in [4.78, 5) is 0. The molecule has 0 spiro atoms. The maximum atomic E-state index is 11.8. The average molecular weight is 334 g/mol. The minimum Gasteiger partial charge on any atom is -0.493 e. The zero-order valence-corrected chi connectivity index (χ0v) is 13.9. The minimum absolute atomic E-state index is 0.129. The smallest absolute Gasteiger partial charge is 0.162 e. The first-order valence-corrected chi connectivity index (χ1v) is 9.07. The van der Waals surface area contributed by atoms with Crippen LogP contribution in [0.1, 0.15) is 19.3 Å². The van der Waals surface area contributed by atoms with Crippen molar-refractivity contribution >= 4 is 27.1 Å². The molecule has 0 amide bonds. The molecule has 0 saturated heterocycles. The van der Waals surface area contributed by atoms with Gasteiger partial charge in [0.1, 0.15) is 0 Å². The third-order valence-corrected chi connectivity index (χ3v) is 5.79. The third-order valence-electron chi connectivity index (χ3n) is 3.82. The molecule has 7 heteroatoms. The molecule has 0 aromatic heterocycles. The normalized spacial score (nSPS) is 22.1. The van der Waals surface area contributed by atoms with Gasteiger partial charge in [0.05, 0.1) is 30.2 Å². The Bertz CT molecular complexity index is 618. The summed E-state index contributed by atoms with van der Waals surface area (Å²) in [5.74, 6) is 1.09. The number of benzene rings is 1. The van der Waals surface area contributed by atoms with E-state index in [1.807, 2.05) is 0 Å². The highest BCUT2D eigenvalue weighted by Gasteiger charge is 2.35. The van der Waals surface area contributed by atoms with Gasteiger partial charge in [-0.3, -0.25) is 0 Å². The summed E-state index contributed by atoms with van der Waals surface area (Å²) in [6.07, 6.45) is 3.66. The molecule has 0 aliphatic heterocycles. The zero-order chi connectivity index (χ0) is 15.6. The van der Waals surface area contributed by atoms with Crippen molar-refractivity contribution in [3.8, 4) is 11.5 Å². The summed E-state index contributed by atoms with van der Waals surface area (Å²) in [5, 5.41) is 3.35. The highest BCUT2D eigenvalue weighted by Crippen LogP contribution is 2.38. The third kappa shape index (κ3) is 3.55. The number of hydrogen-bond acceptors (Lipinski definition) is 5. The van der Waals surface area contributed by atoms with Crippen LogP contribution in [-0.4, -0.2) is 40.2 Å². The molecule has 21 heavy (non-hydrogen) atoms. The van der Waals surface area contributed by atoms with Crippen LogP contribution in [0.25, 0.3) is 0 Å². The van der Waals surface area contributed by atoms with Crippen molar-refractivity contribution < 1.29 is 17.9 Å². The van der Waals surface area contributed by atoms with E-state index in [9.17, 15) is 8.42 Å². The van der Waals surface area contributed by atoms with E-state index in [0.29, 0.717) is 28.6 Å². The fourth-order valence-electron chi connectivity index (χ4n) is 2.77. The lowest BCUT2D eigenvalue weighted by molar-refractivity contribution is 0.355. The van der Waals surface area contributed by atoms with Crippen LogP contribution in [0.3, 0.4) is 0 Å². The van der Waals surface area contributed by atoms with Gasteiger partial charge in [-0.2, -0.15) is 0 Å². The number of nitrogens with one attached hydrogen (secondary N) is 1. The fraction of sp³-hybridized carbons (Fsp3) is 0.571. The van der Waals surface area contributed by atoms with Crippen molar-refractivity contribution in [3.63, 3.8) is 0 Å². The predicted molar refractivity (Wildman–Crippen MR) is 84.4 cm³/mol. The number of anilines is 1. The van der Waals surface area contributed by atoms with Gasteiger partial charge in [0, 0.05) is 24.4 Å². The average Bonchev–Trinajstić information content (AvgIpc) is 2.88. The second-order valence-electron chi connectivity index (χ2n) is 5.24. The number of hydrogen-bond donors (Lipinski definition) is 1. The summed E-state index contributed by atoms with van der Waals surface area (Å²) < 4.78 is 34.1.